The highest BCUT2D eigenvalue weighted by Crippen LogP contribution is 2.43. The van der Waals surface area contributed by atoms with Crippen molar-refractivity contribution >= 4 is 25.2 Å². The van der Waals surface area contributed by atoms with E-state index in [4.69, 9.17) is 0 Å². The number of nitrogens with zero attached hydrogens (tertiary/aromatic N) is 2. The van der Waals surface area contributed by atoms with Gasteiger partial charge in [0.1, 0.15) is 5.82 Å². The maximum absolute atomic E-state index is 15.9. The van der Waals surface area contributed by atoms with Crippen molar-refractivity contribution in [1.29, 1.82) is 0 Å². The van der Waals surface area contributed by atoms with Crippen LogP contribution in [0.1, 0.15) is 103 Å². The Bertz CT molecular complexity index is 1670. The molecule has 1 aliphatic carbocycles. The summed E-state index contributed by atoms with van der Waals surface area (Å²) >= 11 is 0. The molecule has 1 fully saturated rings. The van der Waals surface area contributed by atoms with Crippen molar-refractivity contribution in [1.82, 2.24) is 9.47 Å². The number of rotatable bonds is 14. The minimum Gasteiger partial charge on any atom is -0.481 e. The van der Waals surface area contributed by atoms with Gasteiger partial charge in [-0.25, -0.2) is 8.78 Å². The number of halogens is 2. The SMILES string of the molecule is Cc1cc(-c2c(C)cc(C3CC3)cc2C)cc([C@H](CC(=O)O)CC(=O)C(CC(C)C)n2cc(CCN(C)C)c(C)c(F)c2=O)c1F.S. The zero-order valence-electron chi connectivity index (χ0n) is 29.0. The summed E-state index contributed by atoms with van der Waals surface area (Å²) in [5, 5.41) is 9.89. The number of carbonyl (C=O) groups excluding carboxylic acids is 1. The smallest absolute Gasteiger partial charge is 0.303 e. The van der Waals surface area contributed by atoms with E-state index in [9.17, 15) is 19.5 Å². The molecule has 1 aromatic heterocycles. The number of aromatic nitrogens is 1. The molecule has 0 amide bonds. The molecule has 0 radical (unpaired) electrons. The molecule has 47 heavy (non-hydrogen) atoms. The van der Waals surface area contributed by atoms with Gasteiger partial charge in [0.2, 0.25) is 0 Å². The van der Waals surface area contributed by atoms with Crippen LogP contribution in [0.2, 0.25) is 0 Å². The summed E-state index contributed by atoms with van der Waals surface area (Å²) in [5.41, 5.74) is 5.69. The highest BCUT2D eigenvalue weighted by Gasteiger charge is 2.31. The zero-order valence-corrected chi connectivity index (χ0v) is 30.0. The Kier molecular flexibility index (Phi) is 12.8. The number of aliphatic carboxylic acids is 1. The number of hydrogen-bond donors (Lipinski definition) is 1. The molecule has 1 heterocycles. The molecule has 0 aliphatic heterocycles. The van der Waals surface area contributed by atoms with Crippen molar-refractivity contribution in [3.05, 3.63) is 91.4 Å². The fourth-order valence-electron chi connectivity index (χ4n) is 6.64. The first kappa shape index (κ1) is 38.2. The van der Waals surface area contributed by atoms with Crippen LogP contribution < -0.4 is 5.56 Å². The summed E-state index contributed by atoms with van der Waals surface area (Å²) in [5.74, 6) is -3.45. The van der Waals surface area contributed by atoms with E-state index in [-0.39, 0.29) is 43.4 Å². The quantitative estimate of drug-likeness (QED) is 0.189. The molecule has 0 spiro atoms. The van der Waals surface area contributed by atoms with E-state index < -0.39 is 47.3 Å². The maximum Gasteiger partial charge on any atom is 0.303 e. The first-order chi connectivity index (χ1) is 21.6. The molecule has 1 saturated carbocycles. The first-order valence-corrected chi connectivity index (χ1v) is 16.3. The van der Waals surface area contributed by atoms with Crippen molar-refractivity contribution in [2.24, 2.45) is 5.92 Å². The van der Waals surface area contributed by atoms with E-state index in [1.807, 2.05) is 46.7 Å². The molecule has 1 N–H and O–H groups in total. The second kappa shape index (κ2) is 15.7. The monoisotopic (exact) mass is 668 g/mol. The van der Waals surface area contributed by atoms with Gasteiger partial charge in [-0.05, 0) is 142 Å². The minimum atomic E-state index is -1.16. The van der Waals surface area contributed by atoms with E-state index >= 15 is 8.78 Å². The fourth-order valence-corrected chi connectivity index (χ4v) is 6.64. The van der Waals surface area contributed by atoms with Gasteiger partial charge < -0.3 is 14.6 Å². The molecule has 256 valence electrons. The maximum atomic E-state index is 15.9. The standard InChI is InChI=1S/C38H48F2N2O4.H2S/c1-21(2)13-32(42-20-27(11-12-41(7)8)25(6)37(40)38(42)46)33(43)18-29(19-34(44)45)31-17-30(16-24(5)36(31)39)35-22(3)14-28(15-23(35)4)26-9-10-26;/h14-17,20-21,26,29,32H,9-13,18-19H2,1-8H3,(H,44,45);1H2/t29-,32?;/m0./s1. The lowest BCUT2D eigenvalue weighted by molar-refractivity contribution is -0.137. The molecular formula is C38H50F2N2O4S. The van der Waals surface area contributed by atoms with E-state index in [1.54, 1.807) is 32.2 Å². The molecule has 2 aromatic carbocycles. The number of ketones is 1. The number of hydrogen-bond acceptors (Lipinski definition) is 4. The normalized spacial score (nSPS) is 14.3. The molecule has 4 rings (SSSR count). The Balaban J connectivity index is 0.00000600. The van der Waals surface area contributed by atoms with Gasteiger partial charge in [-0.1, -0.05) is 26.0 Å². The summed E-state index contributed by atoms with van der Waals surface area (Å²) in [6.45, 7) is 11.7. The Morgan fingerprint density at radius 1 is 0.957 bits per heavy atom. The lowest BCUT2D eigenvalue weighted by Crippen LogP contribution is -2.34. The molecular weight excluding hydrogens is 618 g/mol. The number of carboxylic acids is 1. The van der Waals surface area contributed by atoms with Crippen LogP contribution >= 0.6 is 13.5 Å². The van der Waals surface area contributed by atoms with Gasteiger partial charge in [0, 0.05) is 25.1 Å². The van der Waals surface area contributed by atoms with E-state index in [0.717, 1.165) is 22.3 Å². The van der Waals surface area contributed by atoms with Crippen LogP contribution in [0.15, 0.2) is 35.3 Å². The summed E-state index contributed by atoms with van der Waals surface area (Å²) in [6.07, 6.45) is 3.89. The number of carbonyl (C=O) groups is 2. The zero-order chi connectivity index (χ0) is 34.0. The molecule has 2 atom stereocenters. The molecule has 9 heteroatoms. The van der Waals surface area contributed by atoms with E-state index in [0.29, 0.717) is 30.0 Å². The molecule has 0 bridgehead atoms. The molecule has 1 aliphatic rings. The summed E-state index contributed by atoms with van der Waals surface area (Å²) in [6, 6.07) is 6.79. The van der Waals surface area contributed by atoms with Crippen LogP contribution in [-0.2, 0) is 16.0 Å². The third-order valence-electron chi connectivity index (χ3n) is 9.24. The Labute approximate surface area is 284 Å². The van der Waals surface area contributed by atoms with Crippen molar-refractivity contribution < 1.29 is 23.5 Å². The largest absolute Gasteiger partial charge is 0.481 e. The van der Waals surface area contributed by atoms with Crippen molar-refractivity contribution in [3.63, 3.8) is 0 Å². The first-order valence-electron chi connectivity index (χ1n) is 16.3. The number of likely N-dealkylation sites (N-methyl/N-ethyl adjacent to an activating group) is 1. The topological polar surface area (TPSA) is 79.6 Å². The third kappa shape index (κ3) is 8.99. The van der Waals surface area contributed by atoms with Gasteiger partial charge in [0.15, 0.2) is 11.6 Å². The highest BCUT2D eigenvalue weighted by atomic mass is 32.1. The number of Topliss-reactive ketones (excluding diaryl/α,β-unsaturated/α-hetero) is 1. The predicted octanol–water partition coefficient (Wildman–Crippen LogP) is 7.93. The van der Waals surface area contributed by atoms with Gasteiger partial charge in [0.05, 0.1) is 12.5 Å². The molecule has 0 saturated heterocycles. The van der Waals surface area contributed by atoms with Crippen LogP contribution in [0.4, 0.5) is 8.78 Å². The van der Waals surface area contributed by atoms with Gasteiger partial charge in [0.25, 0.3) is 5.56 Å². The van der Waals surface area contributed by atoms with Crippen molar-refractivity contribution in [3.8, 4) is 11.1 Å². The summed E-state index contributed by atoms with van der Waals surface area (Å²) in [4.78, 5) is 41.4. The van der Waals surface area contributed by atoms with E-state index in [1.165, 1.54) is 23.0 Å². The minimum absolute atomic E-state index is 0. The van der Waals surface area contributed by atoms with Gasteiger partial charge in [-0.2, -0.15) is 13.5 Å². The van der Waals surface area contributed by atoms with Gasteiger partial charge >= 0.3 is 5.97 Å². The van der Waals surface area contributed by atoms with E-state index in [2.05, 4.69) is 12.1 Å². The van der Waals surface area contributed by atoms with Gasteiger partial charge in [-0.3, -0.25) is 14.4 Å². The molecule has 6 nitrogen and oxygen atoms in total. The molecule has 1 unspecified atom stereocenters. The highest BCUT2D eigenvalue weighted by molar-refractivity contribution is 7.59. The van der Waals surface area contributed by atoms with Crippen LogP contribution in [0, 0.1) is 45.2 Å². The fraction of sp³-hybridized carbons (Fsp3) is 0.500. The van der Waals surface area contributed by atoms with Crippen molar-refractivity contribution in [2.75, 3.05) is 20.6 Å². The third-order valence-corrected chi connectivity index (χ3v) is 9.24. The molecule has 3 aromatic rings. The van der Waals surface area contributed by atoms with Crippen molar-refractivity contribution in [2.45, 2.75) is 97.9 Å². The number of benzene rings is 2. The second-order valence-electron chi connectivity index (χ2n) is 14.0. The summed E-state index contributed by atoms with van der Waals surface area (Å²) in [7, 11) is 3.80. The Morgan fingerprint density at radius 3 is 2.11 bits per heavy atom. The lowest BCUT2D eigenvalue weighted by atomic mass is 9.83. The van der Waals surface area contributed by atoms with Gasteiger partial charge in [-0.15, -0.1) is 0 Å². The summed E-state index contributed by atoms with van der Waals surface area (Å²) < 4.78 is 32.4. The average Bonchev–Trinajstić information content (AvgIpc) is 3.81. The number of carboxylic acid groups (broad SMARTS) is 1. The number of pyridine rings is 1. The number of aryl methyl sites for hydroxylation is 3. The van der Waals surface area contributed by atoms with Crippen LogP contribution in [0.25, 0.3) is 11.1 Å². The second-order valence-corrected chi connectivity index (χ2v) is 14.0. The Hall–Kier alpha value is -3.30. The predicted molar refractivity (Wildman–Crippen MR) is 189 cm³/mol. The average molecular weight is 669 g/mol. The lowest BCUT2D eigenvalue weighted by Gasteiger charge is -2.25. The van der Waals surface area contributed by atoms with Crippen LogP contribution in [-0.4, -0.2) is 47.0 Å². The van der Waals surface area contributed by atoms with Crippen LogP contribution in [0.3, 0.4) is 0 Å². The van der Waals surface area contributed by atoms with Crippen LogP contribution in [0.5, 0.6) is 0 Å². The Morgan fingerprint density at radius 2 is 1.57 bits per heavy atom.